The summed E-state index contributed by atoms with van der Waals surface area (Å²) in [6.45, 7) is 3.20. The van der Waals surface area contributed by atoms with Crippen molar-refractivity contribution in [1.29, 1.82) is 0 Å². The zero-order chi connectivity index (χ0) is 19.1. The molecule has 0 amide bonds. The van der Waals surface area contributed by atoms with E-state index in [0.29, 0.717) is 6.04 Å². The number of benzene rings is 2. The number of nitrogens with one attached hydrogen (secondary N) is 1. The minimum absolute atomic E-state index is 0.566. The number of hydrogen-bond acceptors (Lipinski definition) is 4. The van der Waals surface area contributed by atoms with Gasteiger partial charge in [0.2, 0.25) is 0 Å². The standard InChI is InChI=1S/C23H31NO3/c1-4-24-19-8-6-5-7-17-10-13-20(25-2)22(15-17)27-23-16-18(9-12-19)11-14-21(23)26-3/h10-11,13-16,19,24H,4-9,12H2,1-3H3. The van der Waals surface area contributed by atoms with Crippen LogP contribution in [-0.4, -0.2) is 26.8 Å². The minimum atomic E-state index is 0.566. The second kappa shape index (κ2) is 9.65. The fourth-order valence-electron chi connectivity index (χ4n) is 3.73. The average molecular weight is 370 g/mol. The van der Waals surface area contributed by atoms with Crippen molar-refractivity contribution < 1.29 is 14.2 Å². The molecule has 0 saturated heterocycles. The first-order valence-electron chi connectivity index (χ1n) is 9.98. The molecule has 1 aliphatic heterocycles. The predicted octanol–water partition coefficient (Wildman–Crippen LogP) is 5.13. The van der Waals surface area contributed by atoms with Gasteiger partial charge in [0.05, 0.1) is 14.2 Å². The molecule has 1 aliphatic rings. The molecule has 0 fully saturated rings. The summed E-state index contributed by atoms with van der Waals surface area (Å²) in [5, 5.41) is 3.64. The SMILES string of the molecule is CCNC1CCCCc2ccc(OC)c(c2)Oc2cc(ccc2OC)CC1. The van der Waals surface area contributed by atoms with Crippen LogP contribution >= 0.6 is 0 Å². The molecule has 4 bridgehead atoms. The topological polar surface area (TPSA) is 39.7 Å². The molecular weight excluding hydrogens is 338 g/mol. The maximum absolute atomic E-state index is 6.26. The molecule has 1 unspecified atom stereocenters. The molecule has 146 valence electrons. The monoisotopic (exact) mass is 369 g/mol. The summed E-state index contributed by atoms with van der Waals surface area (Å²) >= 11 is 0. The first-order chi connectivity index (χ1) is 13.2. The molecule has 4 heteroatoms. The van der Waals surface area contributed by atoms with Gasteiger partial charge in [-0.1, -0.05) is 25.5 Å². The van der Waals surface area contributed by atoms with E-state index in [-0.39, 0.29) is 0 Å². The third kappa shape index (κ3) is 5.16. The normalized spacial score (nSPS) is 17.5. The van der Waals surface area contributed by atoms with Crippen LogP contribution in [0.5, 0.6) is 23.0 Å². The molecular formula is C23H31NO3. The lowest BCUT2D eigenvalue weighted by Gasteiger charge is -2.20. The highest BCUT2D eigenvalue weighted by molar-refractivity contribution is 5.50. The van der Waals surface area contributed by atoms with Crippen LogP contribution in [0.3, 0.4) is 0 Å². The molecule has 1 atom stereocenters. The molecule has 1 heterocycles. The Morgan fingerprint density at radius 2 is 1.52 bits per heavy atom. The van der Waals surface area contributed by atoms with Crippen molar-refractivity contribution in [1.82, 2.24) is 5.32 Å². The largest absolute Gasteiger partial charge is 0.493 e. The van der Waals surface area contributed by atoms with E-state index in [1.807, 2.05) is 12.1 Å². The molecule has 0 aromatic heterocycles. The highest BCUT2D eigenvalue weighted by Gasteiger charge is 2.14. The van der Waals surface area contributed by atoms with Crippen LogP contribution in [-0.2, 0) is 12.8 Å². The van der Waals surface area contributed by atoms with Crippen LogP contribution in [0.2, 0.25) is 0 Å². The van der Waals surface area contributed by atoms with Crippen molar-refractivity contribution in [3.8, 4) is 23.0 Å². The summed E-state index contributed by atoms with van der Waals surface area (Å²) in [5.41, 5.74) is 2.54. The van der Waals surface area contributed by atoms with E-state index >= 15 is 0 Å². The highest BCUT2D eigenvalue weighted by Crippen LogP contribution is 2.38. The molecule has 4 nitrogen and oxygen atoms in total. The third-order valence-corrected chi connectivity index (χ3v) is 5.22. The summed E-state index contributed by atoms with van der Waals surface area (Å²) in [6, 6.07) is 13.0. The highest BCUT2D eigenvalue weighted by atomic mass is 16.5. The Morgan fingerprint density at radius 3 is 2.11 bits per heavy atom. The third-order valence-electron chi connectivity index (χ3n) is 5.22. The van der Waals surface area contributed by atoms with Crippen molar-refractivity contribution >= 4 is 0 Å². The summed E-state index contributed by atoms with van der Waals surface area (Å²) in [7, 11) is 3.35. The number of methoxy groups -OCH3 is 2. The van der Waals surface area contributed by atoms with Gasteiger partial charge < -0.3 is 19.5 Å². The predicted molar refractivity (Wildman–Crippen MR) is 109 cm³/mol. The molecule has 2 aromatic carbocycles. The lowest BCUT2D eigenvalue weighted by Crippen LogP contribution is -2.29. The van der Waals surface area contributed by atoms with Crippen molar-refractivity contribution in [2.75, 3.05) is 20.8 Å². The van der Waals surface area contributed by atoms with Crippen LogP contribution in [0, 0.1) is 0 Å². The van der Waals surface area contributed by atoms with Crippen molar-refractivity contribution in [2.45, 2.75) is 51.5 Å². The van der Waals surface area contributed by atoms with E-state index in [0.717, 1.165) is 48.8 Å². The lowest BCUT2D eigenvalue weighted by molar-refractivity contribution is 0.355. The van der Waals surface area contributed by atoms with E-state index in [1.165, 1.54) is 30.4 Å². The fraction of sp³-hybridized carbons (Fsp3) is 0.478. The van der Waals surface area contributed by atoms with Crippen LogP contribution < -0.4 is 19.5 Å². The van der Waals surface area contributed by atoms with Gasteiger partial charge in [-0.05, 0) is 74.0 Å². The summed E-state index contributed by atoms with van der Waals surface area (Å²) in [4.78, 5) is 0. The Hall–Kier alpha value is -2.20. The van der Waals surface area contributed by atoms with Gasteiger partial charge in [0.25, 0.3) is 0 Å². The maximum Gasteiger partial charge on any atom is 0.169 e. The van der Waals surface area contributed by atoms with E-state index in [9.17, 15) is 0 Å². The van der Waals surface area contributed by atoms with Crippen LogP contribution in [0.1, 0.15) is 43.7 Å². The number of ether oxygens (including phenoxy) is 3. The molecule has 2 aromatic rings. The molecule has 0 aliphatic carbocycles. The van der Waals surface area contributed by atoms with Crippen LogP contribution in [0.25, 0.3) is 0 Å². The number of aryl methyl sites for hydroxylation is 2. The van der Waals surface area contributed by atoms with Crippen molar-refractivity contribution in [3.63, 3.8) is 0 Å². The Morgan fingerprint density at radius 1 is 0.889 bits per heavy atom. The van der Waals surface area contributed by atoms with Gasteiger partial charge in [-0.2, -0.15) is 0 Å². The Bertz CT molecular complexity index is 744. The van der Waals surface area contributed by atoms with Gasteiger partial charge in [-0.15, -0.1) is 0 Å². The second-order valence-corrected chi connectivity index (χ2v) is 7.11. The number of rotatable bonds is 4. The zero-order valence-corrected chi connectivity index (χ0v) is 16.7. The molecule has 27 heavy (non-hydrogen) atoms. The molecule has 1 N–H and O–H groups in total. The van der Waals surface area contributed by atoms with Gasteiger partial charge in [0.15, 0.2) is 23.0 Å². The molecule has 0 radical (unpaired) electrons. The van der Waals surface area contributed by atoms with Crippen molar-refractivity contribution in [2.24, 2.45) is 0 Å². The molecule has 0 saturated carbocycles. The molecule has 3 rings (SSSR count). The minimum Gasteiger partial charge on any atom is -0.493 e. The second-order valence-electron chi connectivity index (χ2n) is 7.11. The van der Waals surface area contributed by atoms with Gasteiger partial charge in [-0.25, -0.2) is 0 Å². The summed E-state index contributed by atoms with van der Waals surface area (Å²) < 4.78 is 17.3. The summed E-state index contributed by atoms with van der Waals surface area (Å²) in [5.74, 6) is 2.96. The van der Waals surface area contributed by atoms with E-state index < -0.39 is 0 Å². The fourth-order valence-corrected chi connectivity index (χ4v) is 3.73. The smallest absolute Gasteiger partial charge is 0.169 e. The lowest BCUT2D eigenvalue weighted by atomic mass is 9.98. The average Bonchev–Trinajstić information content (AvgIpc) is 2.69. The van der Waals surface area contributed by atoms with Crippen LogP contribution in [0.4, 0.5) is 0 Å². The van der Waals surface area contributed by atoms with Gasteiger partial charge in [0.1, 0.15) is 0 Å². The Balaban J connectivity index is 1.95. The summed E-state index contributed by atoms with van der Waals surface area (Å²) in [6.07, 6.45) is 6.84. The van der Waals surface area contributed by atoms with Crippen molar-refractivity contribution in [3.05, 3.63) is 47.5 Å². The first-order valence-corrected chi connectivity index (χ1v) is 9.98. The maximum atomic E-state index is 6.26. The van der Waals surface area contributed by atoms with E-state index in [2.05, 4.69) is 36.5 Å². The Kier molecular flexibility index (Phi) is 6.99. The number of hydrogen-bond donors (Lipinski definition) is 1. The van der Waals surface area contributed by atoms with Gasteiger partial charge >= 0.3 is 0 Å². The van der Waals surface area contributed by atoms with Crippen LogP contribution in [0.15, 0.2) is 36.4 Å². The van der Waals surface area contributed by atoms with E-state index in [4.69, 9.17) is 14.2 Å². The zero-order valence-electron chi connectivity index (χ0n) is 16.7. The quantitative estimate of drug-likeness (QED) is 0.811. The first kappa shape index (κ1) is 19.6. The Labute approximate surface area is 162 Å². The number of fused-ring (bicyclic) bond motifs is 4. The van der Waals surface area contributed by atoms with Gasteiger partial charge in [-0.3, -0.25) is 0 Å². The van der Waals surface area contributed by atoms with E-state index in [1.54, 1.807) is 14.2 Å². The molecule has 0 spiro atoms. The van der Waals surface area contributed by atoms with Gasteiger partial charge in [0, 0.05) is 6.04 Å².